The molecule has 0 saturated heterocycles. The predicted octanol–water partition coefficient (Wildman–Crippen LogP) is 5.12. The van der Waals surface area contributed by atoms with Crippen LogP contribution in [0.5, 0.6) is 5.75 Å². The van der Waals surface area contributed by atoms with Crippen molar-refractivity contribution < 1.29 is 13.9 Å². The fourth-order valence-electron chi connectivity index (χ4n) is 3.08. The number of para-hydroxylation sites is 1. The van der Waals surface area contributed by atoms with E-state index in [0.29, 0.717) is 13.2 Å². The van der Waals surface area contributed by atoms with Crippen molar-refractivity contribution >= 4 is 17.2 Å². The maximum Gasteiger partial charge on any atom is 0.226 e. The van der Waals surface area contributed by atoms with Gasteiger partial charge in [-0.25, -0.2) is 4.98 Å². The molecule has 4 rings (SSSR count). The number of aromatic nitrogens is 1. The Labute approximate surface area is 179 Å². The lowest BCUT2D eigenvalue weighted by Crippen LogP contribution is -2.29. The number of rotatable bonds is 8. The molecule has 0 aliphatic carbocycles. The zero-order valence-electron chi connectivity index (χ0n) is 16.6. The van der Waals surface area contributed by atoms with Crippen LogP contribution in [0.1, 0.15) is 11.5 Å². The van der Waals surface area contributed by atoms with E-state index >= 15 is 0 Å². The Bertz CT molecular complexity index is 1120. The number of thiazole rings is 1. The molecule has 0 radical (unpaired) electrons. The molecular weight excluding hydrogens is 396 g/mol. The third-order valence-corrected chi connectivity index (χ3v) is 5.40. The van der Waals surface area contributed by atoms with Gasteiger partial charge in [0, 0.05) is 10.9 Å². The molecule has 152 valence electrons. The van der Waals surface area contributed by atoms with E-state index in [2.05, 4.69) is 22.4 Å². The van der Waals surface area contributed by atoms with Crippen molar-refractivity contribution in [2.75, 3.05) is 13.2 Å². The van der Waals surface area contributed by atoms with E-state index in [0.717, 1.165) is 39.1 Å². The molecular formula is C24H22N2O3S. The number of hydrogen-bond donors (Lipinski definition) is 1. The smallest absolute Gasteiger partial charge is 0.226 e. The number of nitrogens with zero attached hydrogens (tertiary/aromatic N) is 1. The first-order valence-corrected chi connectivity index (χ1v) is 10.6. The second kappa shape index (κ2) is 9.41. The van der Waals surface area contributed by atoms with Crippen LogP contribution in [0, 0.1) is 6.92 Å². The second-order valence-electron chi connectivity index (χ2n) is 6.79. The number of amides is 1. The van der Waals surface area contributed by atoms with Crippen molar-refractivity contribution in [3.63, 3.8) is 0 Å². The van der Waals surface area contributed by atoms with E-state index in [-0.39, 0.29) is 12.3 Å². The maximum absolute atomic E-state index is 12.2. The molecule has 2 aromatic heterocycles. The topological polar surface area (TPSA) is 64.4 Å². The number of hydrogen-bond acceptors (Lipinski definition) is 5. The molecule has 0 aliphatic rings. The Kier molecular flexibility index (Phi) is 6.25. The first-order chi connectivity index (χ1) is 14.7. The van der Waals surface area contributed by atoms with Crippen LogP contribution in [0.4, 0.5) is 0 Å². The Hall–Kier alpha value is -3.38. The number of carbonyl (C=O) groups is 1. The summed E-state index contributed by atoms with van der Waals surface area (Å²) in [6, 6.07) is 21.8. The van der Waals surface area contributed by atoms with E-state index in [1.165, 1.54) is 11.3 Å². The summed E-state index contributed by atoms with van der Waals surface area (Å²) in [7, 11) is 0. The number of nitrogens with one attached hydrogen (secondary N) is 1. The summed E-state index contributed by atoms with van der Waals surface area (Å²) in [5, 5.41) is 5.56. The fraction of sp³-hybridized carbons (Fsp3) is 0.167. The molecule has 6 heteroatoms. The van der Waals surface area contributed by atoms with Gasteiger partial charge in [-0.2, -0.15) is 0 Å². The van der Waals surface area contributed by atoms with Gasteiger partial charge in [0.2, 0.25) is 5.91 Å². The van der Waals surface area contributed by atoms with Crippen LogP contribution in [-0.2, 0) is 11.2 Å². The summed E-state index contributed by atoms with van der Waals surface area (Å²) in [6.07, 6.45) is 0.233. The number of aryl methyl sites for hydroxylation is 1. The Morgan fingerprint density at radius 3 is 2.67 bits per heavy atom. The first-order valence-electron chi connectivity index (χ1n) is 9.74. The molecule has 1 amide bonds. The highest BCUT2D eigenvalue weighted by molar-refractivity contribution is 7.13. The number of furan rings is 1. The number of carbonyl (C=O) groups excluding carboxylic acids is 1. The van der Waals surface area contributed by atoms with E-state index in [9.17, 15) is 4.79 Å². The largest absolute Gasteiger partial charge is 0.491 e. The minimum atomic E-state index is -0.0811. The first kappa shape index (κ1) is 19.9. The summed E-state index contributed by atoms with van der Waals surface area (Å²) in [6.45, 7) is 2.71. The van der Waals surface area contributed by atoms with Crippen LogP contribution in [0.3, 0.4) is 0 Å². The van der Waals surface area contributed by atoms with Crippen molar-refractivity contribution in [3.8, 4) is 27.6 Å². The van der Waals surface area contributed by atoms with Crippen molar-refractivity contribution in [2.45, 2.75) is 13.3 Å². The minimum Gasteiger partial charge on any atom is -0.491 e. The summed E-state index contributed by atoms with van der Waals surface area (Å²) in [4.78, 5) is 16.7. The Morgan fingerprint density at radius 1 is 1.07 bits per heavy atom. The van der Waals surface area contributed by atoms with Gasteiger partial charge in [0.15, 0.2) is 10.8 Å². The van der Waals surface area contributed by atoms with Crippen LogP contribution in [0.25, 0.3) is 21.9 Å². The van der Waals surface area contributed by atoms with Gasteiger partial charge in [0.25, 0.3) is 0 Å². The molecule has 2 heterocycles. The van der Waals surface area contributed by atoms with E-state index in [1.54, 1.807) is 0 Å². The summed E-state index contributed by atoms with van der Waals surface area (Å²) in [5.41, 5.74) is 2.87. The average molecular weight is 419 g/mol. The summed E-state index contributed by atoms with van der Waals surface area (Å²) >= 11 is 1.47. The predicted molar refractivity (Wildman–Crippen MR) is 119 cm³/mol. The molecule has 0 fully saturated rings. The molecule has 0 unspecified atom stereocenters. The van der Waals surface area contributed by atoms with E-state index in [4.69, 9.17) is 9.15 Å². The molecule has 0 aliphatic heterocycles. The maximum atomic E-state index is 12.2. The zero-order valence-corrected chi connectivity index (χ0v) is 17.4. The second-order valence-corrected chi connectivity index (χ2v) is 7.65. The monoisotopic (exact) mass is 418 g/mol. The van der Waals surface area contributed by atoms with Crippen molar-refractivity contribution in [1.82, 2.24) is 10.3 Å². The van der Waals surface area contributed by atoms with Crippen molar-refractivity contribution in [1.29, 1.82) is 0 Å². The lowest BCUT2D eigenvalue weighted by molar-refractivity contribution is -0.120. The van der Waals surface area contributed by atoms with Gasteiger partial charge < -0.3 is 14.5 Å². The molecule has 1 N–H and O–H groups in total. The van der Waals surface area contributed by atoms with Gasteiger partial charge in [-0.3, -0.25) is 4.79 Å². The molecule has 0 bridgehead atoms. The van der Waals surface area contributed by atoms with Gasteiger partial charge in [-0.1, -0.05) is 48.5 Å². The van der Waals surface area contributed by atoms with Crippen LogP contribution in [0.15, 0.2) is 76.5 Å². The quantitative estimate of drug-likeness (QED) is 0.404. The highest BCUT2D eigenvalue weighted by Gasteiger charge is 2.11. The van der Waals surface area contributed by atoms with E-state index < -0.39 is 0 Å². The highest BCUT2D eigenvalue weighted by atomic mass is 32.1. The highest BCUT2D eigenvalue weighted by Crippen LogP contribution is 2.29. The average Bonchev–Trinajstić information content (AvgIpc) is 3.41. The fourth-order valence-corrected chi connectivity index (χ4v) is 3.86. The molecule has 0 saturated carbocycles. The SMILES string of the molecule is Cc1ccc(-c2nc(CC(=O)NCCOc3ccccc3-c3ccccc3)cs2)o1. The molecule has 4 aromatic rings. The third-order valence-electron chi connectivity index (χ3n) is 4.50. The molecule has 0 spiro atoms. The van der Waals surface area contributed by atoms with Gasteiger partial charge in [0.05, 0.1) is 18.7 Å². The van der Waals surface area contributed by atoms with Crippen molar-refractivity contribution in [2.24, 2.45) is 0 Å². The van der Waals surface area contributed by atoms with Gasteiger partial charge in [-0.05, 0) is 30.7 Å². The van der Waals surface area contributed by atoms with Gasteiger partial charge in [0.1, 0.15) is 18.1 Å². The van der Waals surface area contributed by atoms with Gasteiger partial charge in [-0.15, -0.1) is 11.3 Å². The Balaban J connectivity index is 1.27. The van der Waals surface area contributed by atoms with Crippen LogP contribution in [-0.4, -0.2) is 24.0 Å². The van der Waals surface area contributed by atoms with Crippen molar-refractivity contribution in [3.05, 3.63) is 83.6 Å². The number of ether oxygens (including phenoxy) is 1. The molecule has 5 nitrogen and oxygen atoms in total. The van der Waals surface area contributed by atoms with Crippen LogP contribution in [0.2, 0.25) is 0 Å². The standard InChI is InChI=1S/C24H22N2O3S/c1-17-11-12-22(29-17)24-26-19(16-30-24)15-23(27)25-13-14-28-21-10-6-5-9-20(21)18-7-3-2-4-8-18/h2-12,16H,13-15H2,1H3,(H,25,27). The van der Waals surface area contributed by atoms with Gasteiger partial charge >= 0.3 is 0 Å². The molecule has 2 aromatic carbocycles. The van der Waals surface area contributed by atoms with Crippen LogP contribution >= 0.6 is 11.3 Å². The van der Waals surface area contributed by atoms with Crippen LogP contribution < -0.4 is 10.1 Å². The molecule has 0 atom stereocenters. The minimum absolute atomic E-state index is 0.0811. The lowest BCUT2D eigenvalue weighted by Gasteiger charge is -2.12. The lowest BCUT2D eigenvalue weighted by atomic mass is 10.1. The molecule has 30 heavy (non-hydrogen) atoms. The number of benzene rings is 2. The normalized spacial score (nSPS) is 10.7. The van der Waals surface area contributed by atoms with E-state index in [1.807, 2.05) is 66.9 Å². The third kappa shape index (κ3) is 4.96. The zero-order chi connectivity index (χ0) is 20.8. The summed E-state index contributed by atoms with van der Waals surface area (Å²) in [5.74, 6) is 2.29. The Morgan fingerprint density at radius 2 is 1.87 bits per heavy atom. The summed E-state index contributed by atoms with van der Waals surface area (Å²) < 4.78 is 11.5.